The Morgan fingerprint density at radius 2 is 0.892 bits per heavy atom. The van der Waals surface area contributed by atoms with E-state index >= 15 is 0 Å². The Bertz CT molecular complexity index is 3440. The van der Waals surface area contributed by atoms with Gasteiger partial charge in [-0.05, 0) is 186 Å². The highest BCUT2D eigenvalue weighted by atomic mass is 32.2. The number of anilines is 6. The second-order valence-corrected chi connectivity index (χ2v) is 26.7. The summed E-state index contributed by atoms with van der Waals surface area (Å²) >= 11 is 9.27. The van der Waals surface area contributed by atoms with Gasteiger partial charge in [-0.3, -0.25) is 0 Å². The quantitative estimate of drug-likeness (QED) is 0.107. The molecule has 74 heavy (non-hydrogen) atoms. The van der Waals surface area contributed by atoms with Gasteiger partial charge in [0, 0.05) is 49.7 Å². The summed E-state index contributed by atoms with van der Waals surface area (Å²) < 4.78 is 0.743. The largest absolute Gasteiger partial charge is 0.310 e. The highest BCUT2D eigenvalue weighted by Crippen LogP contribution is 2.56. The molecular weight excluding hydrogens is 955 g/mol. The van der Waals surface area contributed by atoms with Crippen molar-refractivity contribution < 1.29 is 0 Å². The Labute approximate surface area is 455 Å². The van der Waals surface area contributed by atoms with E-state index in [9.17, 15) is 5.26 Å². The highest BCUT2D eigenvalue weighted by molar-refractivity contribution is 8.47. The molecule has 0 spiro atoms. The smallest absolute Gasteiger partial charge is 0.104 e. The van der Waals surface area contributed by atoms with E-state index in [0.717, 1.165) is 55.2 Å². The van der Waals surface area contributed by atoms with Crippen LogP contribution in [-0.4, -0.2) is 14.5 Å². The first-order valence-electron chi connectivity index (χ1n) is 25.9. The Kier molecular flexibility index (Phi) is 13.4. The predicted octanol–water partition coefficient (Wildman–Crippen LogP) is 20.1. The molecule has 0 fully saturated rings. The molecular formula is C68H67N3S3. The van der Waals surface area contributed by atoms with Crippen LogP contribution in [0, 0.1) is 22.2 Å². The van der Waals surface area contributed by atoms with E-state index in [1.165, 1.54) is 50.1 Å². The van der Waals surface area contributed by atoms with Crippen molar-refractivity contribution in [3.05, 3.63) is 216 Å². The third-order valence-corrected chi connectivity index (χ3v) is 19.6. The van der Waals surface area contributed by atoms with Crippen molar-refractivity contribution in [3.63, 3.8) is 0 Å². The van der Waals surface area contributed by atoms with E-state index < -0.39 is 5.41 Å². The summed E-state index contributed by atoms with van der Waals surface area (Å²) in [5, 5.41) is 10.3. The van der Waals surface area contributed by atoms with Crippen LogP contribution in [0.5, 0.6) is 0 Å². The normalized spacial score (nSPS) is 14.5. The molecule has 0 aliphatic heterocycles. The van der Waals surface area contributed by atoms with Crippen molar-refractivity contribution in [2.45, 2.75) is 97.2 Å². The molecule has 0 bridgehead atoms. The van der Waals surface area contributed by atoms with Gasteiger partial charge in [-0.1, -0.05) is 169 Å². The molecule has 1 unspecified atom stereocenters. The standard InChI is InChI=1S/C68H67N3S3/c1-64(2,65(3,4)44-69)43-62(68(9,10)74-63(72)73-11)47-30-37-55-57-39-36-53(42-61(57)67(7,8)59(55)40-47)71(49-22-16-13-17-23-49)51-33-28-46(29-34-51)45-26-31-50(32-27-45)70(48-20-14-12-15-21-48)52-35-38-56-54-24-18-19-25-58(54)66(5,6)60(56)41-52/h12-42,62H,43H2,1-11H3. The Morgan fingerprint density at radius 1 is 0.500 bits per heavy atom. The molecule has 0 N–H and O–H groups in total. The lowest BCUT2D eigenvalue weighted by Crippen LogP contribution is -2.37. The van der Waals surface area contributed by atoms with Gasteiger partial charge in [0.2, 0.25) is 0 Å². The molecule has 372 valence electrons. The average Bonchev–Trinajstić information content (AvgIpc) is 3.78. The lowest BCUT2D eigenvalue weighted by Gasteiger charge is -2.44. The van der Waals surface area contributed by atoms with Gasteiger partial charge >= 0.3 is 0 Å². The van der Waals surface area contributed by atoms with Crippen LogP contribution in [0.3, 0.4) is 0 Å². The summed E-state index contributed by atoms with van der Waals surface area (Å²) in [6.07, 6.45) is 2.92. The monoisotopic (exact) mass is 1020 g/mol. The summed E-state index contributed by atoms with van der Waals surface area (Å²) in [6.45, 7) is 22.8. The topological polar surface area (TPSA) is 30.3 Å². The maximum Gasteiger partial charge on any atom is 0.104 e. The molecule has 0 heterocycles. The van der Waals surface area contributed by atoms with Crippen molar-refractivity contribution in [1.82, 2.24) is 0 Å². The van der Waals surface area contributed by atoms with Gasteiger partial charge in [0.15, 0.2) is 0 Å². The third kappa shape index (κ3) is 9.10. The molecule has 0 radical (unpaired) electrons. The number of hydrogen-bond acceptors (Lipinski definition) is 6. The van der Waals surface area contributed by atoms with Gasteiger partial charge in [0.1, 0.15) is 3.53 Å². The van der Waals surface area contributed by atoms with E-state index in [4.69, 9.17) is 12.2 Å². The lowest BCUT2D eigenvalue weighted by molar-refractivity contribution is 0.139. The lowest BCUT2D eigenvalue weighted by atomic mass is 9.62. The zero-order chi connectivity index (χ0) is 52.4. The summed E-state index contributed by atoms with van der Waals surface area (Å²) in [4.78, 5) is 4.76. The molecule has 0 saturated carbocycles. The molecule has 3 nitrogen and oxygen atoms in total. The van der Waals surface area contributed by atoms with E-state index in [0.29, 0.717) is 0 Å². The van der Waals surface area contributed by atoms with E-state index in [2.05, 4.69) is 279 Å². The molecule has 10 rings (SSSR count). The van der Waals surface area contributed by atoms with E-state index in [1.54, 1.807) is 23.5 Å². The fourth-order valence-electron chi connectivity index (χ4n) is 11.6. The number of benzene rings is 8. The predicted molar refractivity (Wildman–Crippen MR) is 325 cm³/mol. The summed E-state index contributed by atoms with van der Waals surface area (Å²) in [5.41, 5.74) is 19.8. The molecule has 2 aliphatic carbocycles. The first kappa shape index (κ1) is 51.1. The van der Waals surface area contributed by atoms with E-state index in [1.807, 2.05) is 0 Å². The second-order valence-electron chi connectivity index (χ2n) is 23.0. The molecule has 6 heteroatoms. The molecule has 0 aromatic heterocycles. The van der Waals surface area contributed by atoms with Crippen LogP contribution in [-0.2, 0) is 10.8 Å². The molecule has 8 aromatic rings. The summed E-state index contributed by atoms with van der Waals surface area (Å²) in [6, 6.07) is 72.1. The zero-order valence-electron chi connectivity index (χ0n) is 44.7. The van der Waals surface area contributed by atoms with Crippen molar-refractivity contribution >= 4 is 73.4 Å². The van der Waals surface area contributed by atoms with Crippen LogP contribution >= 0.6 is 35.7 Å². The fourth-order valence-corrected chi connectivity index (χ4v) is 14.0. The SMILES string of the molecule is CSC(=S)SC(C)(C)C(CC(C)(C)C(C)(C)C#N)c1ccc2c(c1)C(C)(C)c1cc(N(c3ccccc3)c3ccc(-c4ccc(N(c5ccccc5)c5ccc6c(c5)C(C)(C)c5ccccc5-6)cc4)cc3)ccc1-2. The number of thioether (sulfide) groups is 2. The van der Waals surface area contributed by atoms with Gasteiger partial charge in [0.05, 0.1) is 11.5 Å². The van der Waals surface area contributed by atoms with Crippen molar-refractivity contribution in [1.29, 1.82) is 5.26 Å². The first-order chi connectivity index (χ1) is 35.3. The first-order valence-corrected chi connectivity index (χ1v) is 28.3. The maximum atomic E-state index is 10.3. The molecule has 0 amide bonds. The zero-order valence-corrected chi connectivity index (χ0v) is 47.2. The van der Waals surface area contributed by atoms with Gasteiger partial charge < -0.3 is 9.80 Å². The number of rotatable bonds is 13. The third-order valence-electron chi connectivity index (χ3n) is 16.8. The van der Waals surface area contributed by atoms with Crippen LogP contribution in [0.2, 0.25) is 0 Å². The minimum atomic E-state index is -0.507. The van der Waals surface area contributed by atoms with Gasteiger partial charge in [-0.15, -0.1) is 23.5 Å². The maximum absolute atomic E-state index is 10.3. The van der Waals surface area contributed by atoms with Crippen LogP contribution < -0.4 is 9.80 Å². The number of hydrogen-bond donors (Lipinski definition) is 0. The molecule has 0 saturated heterocycles. The van der Waals surface area contributed by atoms with Crippen molar-refractivity contribution in [2.24, 2.45) is 10.8 Å². The fraction of sp³-hybridized carbons (Fsp3) is 0.265. The summed E-state index contributed by atoms with van der Waals surface area (Å²) in [5.74, 6) is 0.154. The van der Waals surface area contributed by atoms with Crippen LogP contribution in [0.15, 0.2) is 188 Å². The molecule has 1 atom stereocenters. The Morgan fingerprint density at radius 3 is 1.36 bits per heavy atom. The van der Waals surface area contributed by atoms with Crippen LogP contribution in [0.4, 0.5) is 34.1 Å². The minimum absolute atomic E-state index is 0.0927. The summed E-state index contributed by atoms with van der Waals surface area (Å²) in [7, 11) is 0. The van der Waals surface area contributed by atoms with Gasteiger partial charge in [-0.25, -0.2) is 0 Å². The Balaban J connectivity index is 0.959. The van der Waals surface area contributed by atoms with Crippen LogP contribution in [0.25, 0.3) is 33.4 Å². The molecule has 2 aliphatic rings. The Hall–Kier alpha value is -6.36. The van der Waals surface area contributed by atoms with Crippen LogP contribution in [0.1, 0.15) is 109 Å². The van der Waals surface area contributed by atoms with Crippen molar-refractivity contribution in [3.8, 4) is 39.4 Å². The number of thiocarbonyl (C=S) groups is 1. The minimum Gasteiger partial charge on any atom is -0.310 e. The average molecular weight is 1020 g/mol. The molecule has 8 aromatic carbocycles. The number of nitrogens with zero attached hydrogens (tertiary/aromatic N) is 3. The van der Waals surface area contributed by atoms with Gasteiger partial charge in [-0.2, -0.15) is 5.26 Å². The van der Waals surface area contributed by atoms with E-state index in [-0.39, 0.29) is 26.9 Å². The second kappa shape index (κ2) is 19.4. The number of fused-ring (bicyclic) bond motifs is 6. The number of nitriles is 1. The number of para-hydroxylation sites is 2. The highest BCUT2D eigenvalue weighted by Gasteiger charge is 2.45. The van der Waals surface area contributed by atoms with Crippen molar-refractivity contribution in [2.75, 3.05) is 16.1 Å². The van der Waals surface area contributed by atoms with Gasteiger partial charge in [0.25, 0.3) is 0 Å².